The molecule has 0 spiro atoms. The number of carbonyl (C=O) groups is 1. The topological polar surface area (TPSA) is 70.7 Å². The fourth-order valence-corrected chi connectivity index (χ4v) is 2.72. The van der Waals surface area contributed by atoms with Crippen molar-refractivity contribution >= 4 is 17.7 Å². The fraction of sp³-hybridized carbons (Fsp3) is 0.0952. The molecule has 0 saturated heterocycles. The first-order valence-corrected chi connectivity index (χ1v) is 8.29. The number of carbonyl (C=O) groups excluding carboxylic acids is 1. The van der Waals surface area contributed by atoms with Crippen LogP contribution >= 0.6 is 0 Å². The number of rotatable bonds is 4. The van der Waals surface area contributed by atoms with Crippen molar-refractivity contribution in [2.75, 3.05) is 5.32 Å². The third kappa shape index (κ3) is 4.10. The van der Waals surface area contributed by atoms with Crippen LogP contribution in [0.25, 0.3) is 11.8 Å². The first kappa shape index (κ1) is 18.1. The summed E-state index contributed by atoms with van der Waals surface area (Å²) in [6.07, 6.45) is 2.86. The summed E-state index contributed by atoms with van der Waals surface area (Å²) < 4.78 is 16.0. The Morgan fingerprint density at radius 1 is 1.22 bits per heavy atom. The lowest BCUT2D eigenvalue weighted by Gasteiger charge is -2.08. The highest BCUT2D eigenvalue weighted by atomic mass is 19.1. The highest BCUT2D eigenvalue weighted by molar-refractivity contribution is 6.02. The summed E-state index contributed by atoms with van der Waals surface area (Å²) in [7, 11) is 0. The van der Waals surface area contributed by atoms with E-state index >= 15 is 0 Å². The minimum atomic E-state index is -0.488. The van der Waals surface area contributed by atoms with Crippen molar-refractivity contribution in [3.8, 4) is 11.8 Å². The number of nitriles is 1. The van der Waals surface area contributed by atoms with E-state index in [4.69, 9.17) is 5.26 Å². The van der Waals surface area contributed by atoms with E-state index in [1.54, 1.807) is 42.5 Å². The number of nitrogens with one attached hydrogen (secondary N) is 1. The van der Waals surface area contributed by atoms with E-state index in [9.17, 15) is 9.18 Å². The van der Waals surface area contributed by atoms with Crippen LogP contribution in [-0.2, 0) is 4.79 Å². The van der Waals surface area contributed by atoms with Gasteiger partial charge in [-0.05, 0) is 55.8 Å². The van der Waals surface area contributed by atoms with Crippen LogP contribution in [0.15, 0.2) is 54.6 Å². The predicted octanol–water partition coefficient (Wildman–Crippen LogP) is 4.15. The molecule has 1 amide bonds. The van der Waals surface area contributed by atoms with Crippen LogP contribution in [0.1, 0.15) is 22.5 Å². The number of anilines is 1. The van der Waals surface area contributed by atoms with Crippen LogP contribution in [-0.4, -0.2) is 15.7 Å². The maximum atomic E-state index is 14.5. The van der Waals surface area contributed by atoms with Gasteiger partial charge >= 0.3 is 0 Å². The Balaban J connectivity index is 1.75. The molecular weight excluding hydrogens is 343 g/mol. The minimum Gasteiger partial charge on any atom is -0.322 e. The van der Waals surface area contributed by atoms with Gasteiger partial charge in [0.05, 0.1) is 17.3 Å². The number of halogens is 1. The predicted molar refractivity (Wildman–Crippen MR) is 102 cm³/mol. The molecule has 0 bridgehead atoms. The van der Waals surface area contributed by atoms with E-state index in [0.717, 1.165) is 11.4 Å². The molecule has 0 saturated carbocycles. The Morgan fingerprint density at radius 3 is 2.67 bits per heavy atom. The van der Waals surface area contributed by atoms with Crippen LogP contribution in [0.4, 0.5) is 10.1 Å². The maximum Gasteiger partial charge on any atom is 0.248 e. The van der Waals surface area contributed by atoms with Gasteiger partial charge in [-0.15, -0.1) is 0 Å². The maximum absolute atomic E-state index is 14.5. The van der Waals surface area contributed by atoms with E-state index in [1.807, 2.05) is 19.9 Å². The molecule has 27 heavy (non-hydrogen) atoms. The van der Waals surface area contributed by atoms with Crippen molar-refractivity contribution in [3.05, 3.63) is 82.9 Å². The first-order valence-electron chi connectivity index (χ1n) is 8.29. The summed E-state index contributed by atoms with van der Waals surface area (Å²) in [4.78, 5) is 12.1. The summed E-state index contributed by atoms with van der Waals surface area (Å²) in [6.45, 7) is 3.69. The molecule has 6 heteroatoms. The van der Waals surface area contributed by atoms with E-state index in [2.05, 4.69) is 16.5 Å². The number of aryl methyl sites for hydroxylation is 2. The Bertz CT molecular complexity index is 1080. The summed E-state index contributed by atoms with van der Waals surface area (Å²) in [5.41, 5.74) is 3.38. The molecule has 0 radical (unpaired) electrons. The van der Waals surface area contributed by atoms with Crippen LogP contribution in [0, 0.1) is 31.0 Å². The van der Waals surface area contributed by atoms with Crippen molar-refractivity contribution in [3.63, 3.8) is 0 Å². The molecule has 1 heterocycles. The number of hydrogen-bond donors (Lipinski definition) is 1. The lowest BCUT2D eigenvalue weighted by atomic mass is 10.1. The molecule has 0 aliphatic rings. The second-order valence-electron chi connectivity index (χ2n) is 6.03. The lowest BCUT2D eigenvalue weighted by molar-refractivity contribution is -0.111. The highest BCUT2D eigenvalue weighted by Gasteiger charge is 2.10. The third-order valence-electron chi connectivity index (χ3n) is 3.95. The molecule has 1 aromatic heterocycles. The Kier molecular flexibility index (Phi) is 5.13. The van der Waals surface area contributed by atoms with Crippen molar-refractivity contribution in [2.45, 2.75) is 13.8 Å². The molecule has 3 rings (SSSR count). The van der Waals surface area contributed by atoms with Gasteiger partial charge in [0.15, 0.2) is 5.82 Å². The summed E-state index contributed by atoms with van der Waals surface area (Å²) >= 11 is 0. The average Bonchev–Trinajstić information content (AvgIpc) is 2.98. The quantitative estimate of drug-likeness (QED) is 0.711. The van der Waals surface area contributed by atoms with Gasteiger partial charge in [-0.3, -0.25) is 4.79 Å². The normalized spacial score (nSPS) is 10.7. The molecule has 0 aliphatic carbocycles. The number of hydrogen-bond acceptors (Lipinski definition) is 3. The Hall–Kier alpha value is -3.72. The van der Waals surface area contributed by atoms with Crippen molar-refractivity contribution < 1.29 is 9.18 Å². The summed E-state index contributed by atoms with van der Waals surface area (Å²) in [5.74, 6) is -0.904. The zero-order valence-electron chi connectivity index (χ0n) is 14.9. The zero-order valence-corrected chi connectivity index (χ0v) is 14.9. The summed E-state index contributed by atoms with van der Waals surface area (Å²) in [5, 5.41) is 15.9. The Morgan fingerprint density at radius 2 is 2.00 bits per heavy atom. The Labute approximate surface area is 156 Å². The van der Waals surface area contributed by atoms with Gasteiger partial charge in [0.1, 0.15) is 5.69 Å². The second kappa shape index (κ2) is 7.67. The molecule has 0 unspecified atom stereocenters. The average molecular weight is 360 g/mol. The van der Waals surface area contributed by atoms with Crippen molar-refractivity contribution in [1.29, 1.82) is 5.26 Å². The second-order valence-corrected chi connectivity index (χ2v) is 6.03. The zero-order chi connectivity index (χ0) is 19.4. The number of nitrogens with zero attached hydrogens (tertiary/aromatic N) is 3. The lowest BCUT2D eigenvalue weighted by Crippen LogP contribution is -2.09. The van der Waals surface area contributed by atoms with E-state index < -0.39 is 11.7 Å². The van der Waals surface area contributed by atoms with Crippen molar-refractivity contribution in [1.82, 2.24) is 9.78 Å². The van der Waals surface area contributed by atoms with Gasteiger partial charge in [-0.25, -0.2) is 9.07 Å². The van der Waals surface area contributed by atoms with Gasteiger partial charge in [-0.1, -0.05) is 18.2 Å². The number of aromatic nitrogens is 2. The first-order chi connectivity index (χ1) is 13.0. The molecular formula is C21H17FN4O. The number of benzene rings is 2. The van der Waals surface area contributed by atoms with E-state index in [-0.39, 0.29) is 0 Å². The monoisotopic (exact) mass is 360 g/mol. The number of amides is 1. The molecule has 134 valence electrons. The molecule has 2 aromatic carbocycles. The van der Waals surface area contributed by atoms with Gasteiger partial charge < -0.3 is 5.32 Å². The fourth-order valence-electron chi connectivity index (χ4n) is 2.72. The van der Waals surface area contributed by atoms with Gasteiger partial charge in [0.2, 0.25) is 5.91 Å². The van der Waals surface area contributed by atoms with Gasteiger partial charge in [-0.2, -0.15) is 10.4 Å². The molecule has 0 aliphatic heterocycles. The molecule has 3 aromatic rings. The standard InChI is InChI=1S/C21H17FN4O/c1-14-11-15(2)26(25-14)20-9-8-18(12-19(20)22)24-21(27)10-7-16-5-3-4-6-17(16)13-23/h3-12H,1-2H3,(H,24,27)/b10-7+. The van der Waals surface area contributed by atoms with Crippen LogP contribution in [0.5, 0.6) is 0 Å². The molecule has 0 atom stereocenters. The molecule has 0 fully saturated rings. The van der Waals surface area contributed by atoms with E-state index in [0.29, 0.717) is 22.5 Å². The molecule has 1 N–H and O–H groups in total. The SMILES string of the molecule is Cc1cc(C)n(-c2ccc(NC(=O)/C=C/c3ccccc3C#N)cc2F)n1. The molecule has 5 nitrogen and oxygen atoms in total. The minimum absolute atomic E-state index is 0.317. The van der Waals surface area contributed by atoms with E-state index in [1.165, 1.54) is 16.8 Å². The third-order valence-corrected chi connectivity index (χ3v) is 3.95. The van der Waals surface area contributed by atoms with Crippen LogP contribution < -0.4 is 5.32 Å². The highest BCUT2D eigenvalue weighted by Crippen LogP contribution is 2.20. The van der Waals surface area contributed by atoms with Crippen molar-refractivity contribution in [2.24, 2.45) is 0 Å². The van der Waals surface area contributed by atoms with Crippen LogP contribution in [0.3, 0.4) is 0 Å². The summed E-state index contributed by atoms with van der Waals surface area (Å²) in [6, 6.07) is 15.3. The largest absolute Gasteiger partial charge is 0.322 e. The van der Waals surface area contributed by atoms with Crippen LogP contribution in [0.2, 0.25) is 0 Å². The van der Waals surface area contributed by atoms with Gasteiger partial charge in [0, 0.05) is 17.5 Å². The smallest absolute Gasteiger partial charge is 0.248 e. The van der Waals surface area contributed by atoms with Gasteiger partial charge in [0.25, 0.3) is 0 Å².